The molecule has 0 bridgehead atoms. The van der Waals surface area contributed by atoms with Gasteiger partial charge in [0.1, 0.15) is 11.9 Å². The van der Waals surface area contributed by atoms with E-state index in [2.05, 4.69) is 50.2 Å². The second-order valence-electron chi connectivity index (χ2n) is 7.70. The van der Waals surface area contributed by atoms with Crippen molar-refractivity contribution in [1.82, 2.24) is 9.55 Å². The van der Waals surface area contributed by atoms with E-state index >= 15 is 0 Å². The van der Waals surface area contributed by atoms with Crippen LogP contribution < -0.4 is 15.5 Å². The van der Waals surface area contributed by atoms with Crippen LogP contribution in [-0.2, 0) is 4.74 Å². The zero-order chi connectivity index (χ0) is 21.1. The number of aromatic nitrogens is 2. The fourth-order valence-corrected chi connectivity index (χ4v) is 4.28. The van der Waals surface area contributed by atoms with Crippen molar-refractivity contribution in [3.8, 4) is 0 Å². The number of anilines is 2. The quantitative estimate of drug-likeness (QED) is 0.559. The van der Waals surface area contributed by atoms with Gasteiger partial charge in [-0.2, -0.15) is 0 Å². The number of aliphatic imine (C=N–C) groups is 1. The van der Waals surface area contributed by atoms with E-state index in [4.69, 9.17) is 15.5 Å². The zero-order valence-corrected chi connectivity index (χ0v) is 17.4. The molecular weight excluding hydrogens is 380 g/mol. The third-order valence-electron chi connectivity index (χ3n) is 5.86. The molecule has 1 aromatic heterocycles. The van der Waals surface area contributed by atoms with Crippen LogP contribution >= 0.6 is 0 Å². The van der Waals surface area contributed by atoms with Crippen molar-refractivity contribution in [2.45, 2.75) is 32.1 Å². The van der Waals surface area contributed by atoms with Crippen molar-refractivity contribution in [3.63, 3.8) is 0 Å². The maximum atomic E-state index is 9.50. The van der Waals surface area contributed by atoms with E-state index < -0.39 is 0 Å². The Kier molecular flexibility index (Phi) is 6.06. The monoisotopic (exact) mass is 410 g/mol. The first-order chi connectivity index (χ1) is 14.6. The van der Waals surface area contributed by atoms with Gasteiger partial charge in [0.15, 0.2) is 5.84 Å². The van der Waals surface area contributed by atoms with E-state index in [9.17, 15) is 5.11 Å². The molecular formula is C22H30N6O2. The smallest absolute Gasteiger partial charge is 0.208 e. The van der Waals surface area contributed by atoms with Crippen molar-refractivity contribution >= 4 is 17.5 Å². The average molecular weight is 411 g/mol. The maximum absolute atomic E-state index is 9.50. The van der Waals surface area contributed by atoms with Crippen LogP contribution in [0.4, 0.5) is 11.6 Å². The molecule has 4 rings (SSSR count). The minimum atomic E-state index is -0.165. The van der Waals surface area contributed by atoms with Crippen LogP contribution in [0, 0.1) is 6.92 Å². The number of nitrogens with two attached hydrogens (primary N) is 1. The molecule has 8 heteroatoms. The molecule has 3 N–H and O–H groups in total. The van der Waals surface area contributed by atoms with Crippen LogP contribution in [-0.4, -0.2) is 59.4 Å². The highest BCUT2D eigenvalue weighted by molar-refractivity contribution is 5.97. The van der Waals surface area contributed by atoms with Crippen molar-refractivity contribution in [3.05, 3.63) is 54.5 Å². The second-order valence-corrected chi connectivity index (χ2v) is 7.70. The molecule has 0 saturated carbocycles. The number of amidine groups is 1. The number of para-hydroxylation sites is 1. The van der Waals surface area contributed by atoms with Gasteiger partial charge in [0, 0.05) is 38.1 Å². The van der Waals surface area contributed by atoms with Gasteiger partial charge in [-0.05, 0) is 31.9 Å². The van der Waals surface area contributed by atoms with Crippen LogP contribution in [0.3, 0.4) is 0 Å². The molecule has 2 aliphatic heterocycles. The third kappa shape index (κ3) is 3.93. The van der Waals surface area contributed by atoms with Crippen LogP contribution in [0.25, 0.3) is 0 Å². The molecule has 2 aliphatic rings. The van der Waals surface area contributed by atoms with Gasteiger partial charge in [0.05, 0.1) is 18.4 Å². The predicted molar refractivity (Wildman–Crippen MR) is 119 cm³/mol. The number of hydrogen-bond donors (Lipinski definition) is 2. The van der Waals surface area contributed by atoms with Crippen LogP contribution in [0.5, 0.6) is 0 Å². The number of nitrogens with zero attached hydrogens (tertiary/aromatic N) is 5. The summed E-state index contributed by atoms with van der Waals surface area (Å²) in [5, 5.41) is 9.50. The molecule has 0 radical (unpaired) electrons. The molecule has 8 nitrogen and oxygen atoms in total. The molecule has 3 heterocycles. The van der Waals surface area contributed by atoms with Gasteiger partial charge in [0.25, 0.3) is 0 Å². The van der Waals surface area contributed by atoms with Gasteiger partial charge in [-0.1, -0.05) is 24.8 Å². The Labute approximate surface area is 177 Å². The zero-order valence-electron chi connectivity index (χ0n) is 17.4. The molecule has 2 unspecified atom stereocenters. The van der Waals surface area contributed by atoms with E-state index in [0.29, 0.717) is 11.5 Å². The van der Waals surface area contributed by atoms with Crippen LogP contribution in [0.15, 0.2) is 48.1 Å². The summed E-state index contributed by atoms with van der Waals surface area (Å²) in [4.78, 5) is 13.7. The Morgan fingerprint density at radius 3 is 2.57 bits per heavy atom. The molecule has 2 fully saturated rings. The Morgan fingerprint density at radius 1 is 1.23 bits per heavy atom. The van der Waals surface area contributed by atoms with Gasteiger partial charge in [-0.25, -0.2) is 9.98 Å². The van der Waals surface area contributed by atoms with E-state index in [1.54, 1.807) is 0 Å². The van der Waals surface area contributed by atoms with E-state index in [1.165, 1.54) is 11.9 Å². The van der Waals surface area contributed by atoms with Crippen LogP contribution in [0.2, 0.25) is 0 Å². The fraction of sp³-hybridized carbons (Fsp3) is 0.455. The molecule has 0 spiro atoms. The topological polar surface area (TPSA) is 92.1 Å². The molecule has 30 heavy (non-hydrogen) atoms. The van der Waals surface area contributed by atoms with E-state index in [1.807, 2.05) is 13.0 Å². The fourth-order valence-electron chi connectivity index (χ4n) is 4.28. The molecule has 2 saturated heterocycles. The van der Waals surface area contributed by atoms with Crippen molar-refractivity contribution < 1.29 is 9.84 Å². The van der Waals surface area contributed by atoms with Gasteiger partial charge >= 0.3 is 0 Å². The van der Waals surface area contributed by atoms with Gasteiger partial charge in [-0.3, -0.25) is 4.57 Å². The molecule has 2 atom stereocenters. The number of rotatable bonds is 6. The molecule has 160 valence electrons. The summed E-state index contributed by atoms with van der Waals surface area (Å²) < 4.78 is 8.21. The number of hydrogen-bond acceptors (Lipinski definition) is 6. The number of piperazine rings is 1. The number of benzene rings is 1. The SMILES string of the molecule is C=CN=C(N)c1nc(N2CCN(c3ccccc3)CC2)n(C2CCC(CO)O2)c1C. The Hall–Kier alpha value is -2.84. The summed E-state index contributed by atoms with van der Waals surface area (Å²) in [6.45, 7) is 9.17. The molecule has 0 amide bonds. The Morgan fingerprint density at radius 2 is 1.93 bits per heavy atom. The lowest BCUT2D eigenvalue weighted by Gasteiger charge is -2.37. The van der Waals surface area contributed by atoms with Gasteiger partial charge in [-0.15, -0.1) is 0 Å². The standard InChI is InChI=1S/C22H30N6O2/c1-3-24-21(23)20-16(2)28(19-10-9-18(15-29)30-19)22(25-20)27-13-11-26(12-14-27)17-7-5-4-6-8-17/h3-8,18-19,29H,1,9-15H2,2H3,(H2,23,24). The minimum Gasteiger partial charge on any atom is -0.394 e. The largest absolute Gasteiger partial charge is 0.394 e. The van der Waals surface area contributed by atoms with Crippen molar-refractivity contribution in [2.24, 2.45) is 10.7 Å². The first kappa shape index (κ1) is 20.4. The minimum absolute atomic E-state index is 0.0300. The summed E-state index contributed by atoms with van der Waals surface area (Å²) >= 11 is 0. The van der Waals surface area contributed by atoms with Crippen LogP contribution in [0.1, 0.15) is 30.5 Å². The number of imidazole rings is 1. The third-order valence-corrected chi connectivity index (χ3v) is 5.86. The van der Waals surface area contributed by atoms with E-state index in [-0.39, 0.29) is 18.9 Å². The molecule has 2 aromatic rings. The van der Waals surface area contributed by atoms with Gasteiger partial charge in [0.2, 0.25) is 5.95 Å². The van der Waals surface area contributed by atoms with Crippen molar-refractivity contribution in [1.29, 1.82) is 0 Å². The first-order valence-corrected chi connectivity index (χ1v) is 10.5. The van der Waals surface area contributed by atoms with Gasteiger partial charge < -0.3 is 25.4 Å². The first-order valence-electron chi connectivity index (χ1n) is 10.5. The van der Waals surface area contributed by atoms with E-state index in [0.717, 1.165) is 50.7 Å². The molecule has 1 aromatic carbocycles. The summed E-state index contributed by atoms with van der Waals surface area (Å²) in [5.41, 5.74) is 8.98. The molecule has 0 aliphatic carbocycles. The number of aliphatic hydroxyl groups excluding tert-OH is 1. The lowest BCUT2D eigenvalue weighted by atomic mass is 10.2. The van der Waals surface area contributed by atoms with Crippen molar-refractivity contribution in [2.75, 3.05) is 42.6 Å². The Balaban J connectivity index is 1.61. The summed E-state index contributed by atoms with van der Waals surface area (Å²) in [6, 6.07) is 10.5. The summed E-state index contributed by atoms with van der Waals surface area (Å²) in [5.74, 6) is 1.20. The lowest BCUT2D eigenvalue weighted by Crippen LogP contribution is -2.47. The number of aliphatic hydroxyl groups is 1. The number of ether oxygens (including phenoxy) is 1. The predicted octanol–water partition coefficient (Wildman–Crippen LogP) is 2.04. The maximum Gasteiger partial charge on any atom is 0.208 e. The highest BCUT2D eigenvalue weighted by Gasteiger charge is 2.33. The highest BCUT2D eigenvalue weighted by atomic mass is 16.5. The second kappa shape index (κ2) is 8.89. The average Bonchev–Trinajstić information content (AvgIpc) is 3.39. The summed E-state index contributed by atoms with van der Waals surface area (Å²) in [7, 11) is 0. The lowest BCUT2D eigenvalue weighted by molar-refractivity contribution is -0.0225. The highest BCUT2D eigenvalue weighted by Crippen LogP contribution is 2.34. The Bertz CT molecular complexity index is 902. The normalized spacial score (nSPS) is 22.5. The summed E-state index contributed by atoms with van der Waals surface area (Å²) in [6.07, 6.45) is 2.78.